The molecule has 0 saturated heterocycles. The van der Waals surface area contributed by atoms with Gasteiger partial charge >= 0.3 is 16.8 Å². The van der Waals surface area contributed by atoms with Crippen LogP contribution in [0.4, 0.5) is 16.4 Å². The summed E-state index contributed by atoms with van der Waals surface area (Å²) in [4.78, 5) is 0. The van der Waals surface area contributed by atoms with E-state index >= 15 is 0 Å². The Kier molecular flexibility index (Phi) is 2.20. The molecule has 0 nitrogen and oxygen atoms in total. The van der Waals surface area contributed by atoms with Crippen molar-refractivity contribution in [3.05, 3.63) is 0 Å². The highest BCUT2D eigenvalue weighted by Crippen LogP contribution is 2.10. The summed E-state index contributed by atoms with van der Waals surface area (Å²) in [6.07, 6.45) is 0. The zero-order valence-electron chi connectivity index (χ0n) is 3.59. The summed E-state index contributed by atoms with van der Waals surface area (Å²) in [5.41, 5.74) is 0. The van der Waals surface area contributed by atoms with Gasteiger partial charge in [-0.05, 0) is 0 Å². The van der Waals surface area contributed by atoms with Crippen LogP contribution >= 0.6 is 0 Å². The SMILES string of the molecule is F[SiH]([SiH3])[Si](F)(F)F. The molecule has 0 aliphatic heterocycles. The first-order valence-corrected chi connectivity index (χ1v) is 10.1. The lowest BCUT2D eigenvalue weighted by molar-refractivity contribution is 0.504. The van der Waals surface area contributed by atoms with Gasteiger partial charge in [-0.15, -0.1) is 0 Å². The number of hydrogen-bond donors (Lipinski definition) is 0. The van der Waals surface area contributed by atoms with Gasteiger partial charge in [0.1, 0.15) is 0 Å². The summed E-state index contributed by atoms with van der Waals surface area (Å²) >= 11 is 0. The third-order valence-electron chi connectivity index (χ3n) is 0.451. The Labute approximate surface area is 43.8 Å². The van der Waals surface area contributed by atoms with Gasteiger partial charge in [0.15, 0.2) is 0 Å². The van der Waals surface area contributed by atoms with Crippen molar-refractivity contribution < 1.29 is 16.4 Å². The number of halogens is 4. The van der Waals surface area contributed by atoms with Gasteiger partial charge in [-0.1, -0.05) is 0 Å². The fourth-order valence-corrected chi connectivity index (χ4v) is 0. The molecule has 0 radical (unpaired) electrons. The van der Waals surface area contributed by atoms with Crippen molar-refractivity contribution in [1.29, 1.82) is 0 Å². The van der Waals surface area contributed by atoms with Crippen LogP contribution < -0.4 is 0 Å². The Morgan fingerprint density at radius 1 is 1.29 bits per heavy atom. The number of rotatable bonds is 1. The quantitative estimate of drug-likeness (QED) is 0.278. The molecule has 0 heterocycles. The molecule has 0 N–H and O–H groups in total. The maximum Gasteiger partial charge on any atom is 0.612 e. The normalized spacial score (nSPS) is 17.1. The van der Waals surface area contributed by atoms with E-state index in [1.807, 2.05) is 0 Å². The van der Waals surface area contributed by atoms with Gasteiger partial charge in [-0.2, -0.15) is 0 Å². The van der Waals surface area contributed by atoms with E-state index in [-0.39, 0.29) is 9.76 Å². The van der Waals surface area contributed by atoms with Crippen LogP contribution in [0.3, 0.4) is 0 Å². The molecule has 1 unspecified atom stereocenters. The van der Waals surface area contributed by atoms with Crippen LogP contribution in [0, 0.1) is 0 Å². The lowest BCUT2D eigenvalue weighted by Gasteiger charge is -1.97. The van der Waals surface area contributed by atoms with E-state index in [1.54, 1.807) is 0 Å². The molecule has 0 aliphatic rings. The van der Waals surface area contributed by atoms with Crippen molar-refractivity contribution in [3.63, 3.8) is 0 Å². The maximum atomic E-state index is 11.3. The van der Waals surface area contributed by atoms with E-state index < -0.39 is 16.8 Å². The molecule has 0 aromatic carbocycles. The van der Waals surface area contributed by atoms with E-state index in [0.717, 1.165) is 0 Å². The monoisotopic (exact) mass is 164 g/mol. The minimum atomic E-state index is -5.70. The van der Waals surface area contributed by atoms with Crippen molar-refractivity contribution in [1.82, 2.24) is 0 Å². The van der Waals surface area contributed by atoms with Gasteiger partial charge in [0, 0.05) is 9.76 Å². The summed E-state index contributed by atoms with van der Waals surface area (Å²) in [5, 5.41) is 0. The predicted molar refractivity (Wildman–Crippen MR) is 27.3 cm³/mol. The van der Waals surface area contributed by atoms with Crippen LogP contribution in [0.1, 0.15) is 0 Å². The Balaban J connectivity index is 3.54. The molecule has 0 bridgehead atoms. The lowest BCUT2D eigenvalue weighted by Crippen LogP contribution is -2.36. The van der Waals surface area contributed by atoms with Gasteiger partial charge in [0.2, 0.25) is 0 Å². The van der Waals surface area contributed by atoms with Gasteiger partial charge in [0.05, 0.1) is 0 Å². The fourth-order valence-electron chi connectivity index (χ4n) is 0. The molecule has 0 fully saturated rings. The van der Waals surface area contributed by atoms with E-state index in [4.69, 9.17) is 0 Å². The smallest absolute Gasteiger partial charge is 0.316 e. The van der Waals surface area contributed by atoms with Gasteiger partial charge in [-0.25, -0.2) is 12.3 Å². The third-order valence-corrected chi connectivity index (χ3v) is 9.95. The molecule has 0 aliphatic carbocycles. The summed E-state index contributed by atoms with van der Waals surface area (Å²) in [6.45, 7) is 0. The van der Waals surface area contributed by atoms with Crippen LogP contribution in [0.2, 0.25) is 0 Å². The molecule has 0 aromatic rings. The highest BCUT2D eigenvalue weighted by Gasteiger charge is 2.46. The van der Waals surface area contributed by atoms with E-state index in [2.05, 4.69) is 0 Å². The molecule has 7 heavy (non-hydrogen) atoms. The molecule has 0 amide bonds. The number of hydrogen-bond acceptors (Lipinski definition) is 0. The van der Waals surface area contributed by atoms with Gasteiger partial charge in [0.25, 0.3) is 0 Å². The zero-order chi connectivity index (χ0) is 6.08. The Morgan fingerprint density at radius 2 is 1.43 bits per heavy atom. The third kappa shape index (κ3) is 3.00. The Hall–Kier alpha value is 0.371. The molecule has 0 rings (SSSR count). The summed E-state index contributed by atoms with van der Waals surface area (Å²) in [7, 11) is -9.54. The summed E-state index contributed by atoms with van der Waals surface area (Å²) in [6, 6.07) is 0. The lowest BCUT2D eigenvalue weighted by atomic mass is 18.7. The van der Waals surface area contributed by atoms with Crippen molar-refractivity contribution in [2.75, 3.05) is 0 Å². The molecule has 0 aromatic heterocycles. The standard InChI is InChI=1S/F4H4Si3/c1-6(5)7(2,3)4/h6H,5H3. The van der Waals surface area contributed by atoms with Crippen molar-refractivity contribution >= 4 is 26.5 Å². The van der Waals surface area contributed by atoms with Crippen LogP contribution in [0.5, 0.6) is 0 Å². The minimum absolute atomic E-state index is 0.263. The molecule has 1 atom stereocenters. The average molecular weight is 164 g/mol. The zero-order valence-corrected chi connectivity index (χ0v) is 7.74. The highest BCUT2D eigenvalue weighted by atomic mass is 29.6. The topological polar surface area (TPSA) is 0 Å². The van der Waals surface area contributed by atoms with Crippen LogP contribution in [0.15, 0.2) is 0 Å². The van der Waals surface area contributed by atoms with Gasteiger partial charge in [-0.3, -0.25) is 0 Å². The highest BCUT2D eigenvalue weighted by molar-refractivity contribution is 7.39. The molecule has 0 spiro atoms. The van der Waals surface area contributed by atoms with Crippen LogP contribution in [-0.4, -0.2) is 26.5 Å². The first kappa shape index (κ1) is 7.37. The van der Waals surface area contributed by atoms with E-state index in [0.29, 0.717) is 0 Å². The minimum Gasteiger partial charge on any atom is -0.316 e. The second-order valence-electron chi connectivity index (χ2n) is 1.16. The summed E-state index contributed by atoms with van der Waals surface area (Å²) in [5.74, 6) is 0. The van der Waals surface area contributed by atoms with Crippen LogP contribution in [0.25, 0.3) is 0 Å². The molecular formula is H4F4Si3. The predicted octanol–water partition coefficient (Wildman–Crippen LogP) is -0.532. The molecule has 0 saturated carbocycles. The van der Waals surface area contributed by atoms with E-state index in [9.17, 15) is 16.4 Å². The van der Waals surface area contributed by atoms with Crippen molar-refractivity contribution in [3.8, 4) is 0 Å². The maximum absolute atomic E-state index is 11.3. The molecule has 44 valence electrons. The Morgan fingerprint density at radius 3 is 1.43 bits per heavy atom. The first-order chi connectivity index (χ1) is 2.94. The second kappa shape index (κ2) is 2.09. The largest absolute Gasteiger partial charge is 0.612 e. The molecular weight excluding hydrogens is 160 g/mol. The van der Waals surface area contributed by atoms with Crippen molar-refractivity contribution in [2.45, 2.75) is 0 Å². The average Bonchev–Trinajstić information content (AvgIpc) is 1.31. The van der Waals surface area contributed by atoms with E-state index in [1.165, 1.54) is 0 Å². The molecule has 7 heteroatoms. The fraction of sp³-hybridized carbons (Fsp3) is 0. The summed E-state index contributed by atoms with van der Waals surface area (Å²) < 4.78 is 44.5. The van der Waals surface area contributed by atoms with Crippen molar-refractivity contribution in [2.24, 2.45) is 0 Å². The van der Waals surface area contributed by atoms with Gasteiger partial charge < -0.3 is 4.11 Å². The first-order valence-electron chi connectivity index (χ1n) is 1.65. The van der Waals surface area contributed by atoms with Crippen LogP contribution in [-0.2, 0) is 0 Å². The Bertz CT molecular complexity index is 52.4. The second-order valence-corrected chi connectivity index (χ2v) is 14.3.